The highest BCUT2D eigenvalue weighted by Gasteiger charge is 2.06. The molecule has 0 atom stereocenters. The summed E-state index contributed by atoms with van der Waals surface area (Å²) in [5, 5.41) is 2.02. The molecule has 90 valence electrons. The molecule has 3 rings (SSSR count). The van der Waals surface area contributed by atoms with Crippen molar-refractivity contribution in [3.63, 3.8) is 0 Å². The number of hydrogen-bond donors (Lipinski definition) is 1. The standard InChI is InChI=1S/C16H14ClN/c1-10-3-4-13-9-15(18-16(13)11(10)2)12-5-7-14(17)8-6-12/h3-9,18H,1-2H3. The largest absolute Gasteiger partial charge is 0.354 e. The Labute approximate surface area is 111 Å². The Balaban J connectivity index is 2.19. The summed E-state index contributed by atoms with van der Waals surface area (Å²) < 4.78 is 0. The summed E-state index contributed by atoms with van der Waals surface area (Å²) in [4.78, 5) is 3.50. The van der Waals surface area contributed by atoms with Crippen LogP contribution in [0.15, 0.2) is 42.5 Å². The van der Waals surface area contributed by atoms with Crippen molar-refractivity contribution in [1.82, 2.24) is 4.98 Å². The van der Waals surface area contributed by atoms with Crippen LogP contribution in [0.25, 0.3) is 22.2 Å². The molecule has 1 heterocycles. The van der Waals surface area contributed by atoms with Crippen LogP contribution < -0.4 is 0 Å². The molecule has 0 amide bonds. The van der Waals surface area contributed by atoms with E-state index in [0.717, 1.165) is 16.3 Å². The van der Waals surface area contributed by atoms with Crippen molar-refractivity contribution >= 4 is 22.5 Å². The first-order valence-corrected chi connectivity index (χ1v) is 6.38. The van der Waals surface area contributed by atoms with Crippen molar-refractivity contribution < 1.29 is 0 Å². The summed E-state index contributed by atoms with van der Waals surface area (Å²) in [7, 11) is 0. The number of aromatic nitrogens is 1. The molecule has 1 N–H and O–H groups in total. The third-order valence-corrected chi connectivity index (χ3v) is 3.73. The van der Waals surface area contributed by atoms with Gasteiger partial charge in [0.2, 0.25) is 0 Å². The molecule has 0 fully saturated rings. The Morgan fingerprint density at radius 2 is 1.67 bits per heavy atom. The fourth-order valence-corrected chi connectivity index (χ4v) is 2.36. The summed E-state index contributed by atoms with van der Waals surface area (Å²) in [5.74, 6) is 0. The van der Waals surface area contributed by atoms with E-state index in [2.05, 4.69) is 37.0 Å². The highest BCUT2D eigenvalue weighted by molar-refractivity contribution is 6.30. The topological polar surface area (TPSA) is 15.8 Å². The van der Waals surface area contributed by atoms with Crippen LogP contribution in [0, 0.1) is 13.8 Å². The normalized spacial score (nSPS) is 11.1. The molecule has 1 nitrogen and oxygen atoms in total. The van der Waals surface area contributed by atoms with Crippen molar-refractivity contribution in [1.29, 1.82) is 0 Å². The minimum absolute atomic E-state index is 0.766. The average molecular weight is 256 g/mol. The quantitative estimate of drug-likeness (QED) is 0.622. The molecule has 0 aliphatic rings. The molecule has 0 radical (unpaired) electrons. The first kappa shape index (κ1) is 11.4. The number of aryl methyl sites for hydroxylation is 2. The monoisotopic (exact) mass is 255 g/mol. The van der Waals surface area contributed by atoms with E-state index in [1.807, 2.05) is 24.3 Å². The van der Waals surface area contributed by atoms with Crippen LogP contribution >= 0.6 is 11.6 Å². The van der Waals surface area contributed by atoms with Gasteiger partial charge in [-0.2, -0.15) is 0 Å². The highest BCUT2D eigenvalue weighted by atomic mass is 35.5. The third kappa shape index (κ3) is 1.81. The predicted molar refractivity (Wildman–Crippen MR) is 78.2 cm³/mol. The van der Waals surface area contributed by atoms with Gasteiger partial charge >= 0.3 is 0 Å². The number of fused-ring (bicyclic) bond motifs is 1. The molecule has 0 spiro atoms. The number of benzene rings is 2. The van der Waals surface area contributed by atoms with Gasteiger partial charge < -0.3 is 4.98 Å². The lowest BCUT2D eigenvalue weighted by molar-refractivity contribution is 1.34. The van der Waals surface area contributed by atoms with Gasteiger partial charge in [-0.05, 0) is 48.7 Å². The van der Waals surface area contributed by atoms with Gasteiger partial charge in [0, 0.05) is 21.6 Å². The van der Waals surface area contributed by atoms with Crippen LogP contribution in [-0.2, 0) is 0 Å². The molecule has 2 aromatic carbocycles. The summed E-state index contributed by atoms with van der Waals surface area (Å²) in [6.45, 7) is 4.29. The van der Waals surface area contributed by atoms with Crippen molar-refractivity contribution in [3.8, 4) is 11.3 Å². The molecule has 0 aliphatic carbocycles. The van der Waals surface area contributed by atoms with Gasteiger partial charge in [-0.3, -0.25) is 0 Å². The molecule has 0 saturated carbocycles. The van der Waals surface area contributed by atoms with Gasteiger partial charge in [0.05, 0.1) is 0 Å². The van der Waals surface area contributed by atoms with Crippen LogP contribution in [-0.4, -0.2) is 4.98 Å². The molecule has 1 aromatic heterocycles. The van der Waals surface area contributed by atoms with E-state index in [-0.39, 0.29) is 0 Å². The fourth-order valence-electron chi connectivity index (χ4n) is 2.23. The van der Waals surface area contributed by atoms with Crippen molar-refractivity contribution in [2.75, 3.05) is 0 Å². The van der Waals surface area contributed by atoms with E-state index >= 15 is 0 Å². The molecular weight excluding hydrogens is 242 g/mol. The van der Waals surface area contributed by atoms with Gasteiger partial charge in [-0.25, -0.2) is 0 Å². The number of nitrogens with one attached hydrogen (secondary N) is 1. The fraction of sp³-hybridized carbons (Fsp3) is 0.125. The molecule has 18 heavy (non-hydrogen) atoms. The first-order valence-electron chi connectivity index (χ1n) is 6.00. The first-order chi connectivity index (χ1) is 8.65. The zero-order valence-electron chi connectivity index (χ0n) is 10.4. The Bertz CT molecular complexity index is 708. The lowest BCUT2D eigenvalue weighted by Gasteiger charge is -2.00. The summed E-state index contributed by atoms with van der Waals surface area (Å²) in [6, 6.07) is 14.4. The minimum atomic E-state index is 0.766. The molecule has 0 unspecified atom stereocenters. The van der Waals surface area contributed by atoms with E-state index in [1.165, 1.54) is 22.0 Å². The van der Waals surface area contributed by atoms with Crippen LogP contribution in [0.5, 0.6) is 0 Å². The third-order valence-electron chi connectivity index (χ3n) is 3.48. The van der Waals surface area contributed by atoms with E-state index in [1.54, 1.807) is 0 Å². The van der Waals surface area contributed by atoms with Crippen LogP contribution in [0.3, 0.4) is 0 Å². The second kappa shape index (κ2) is 4.18. The highest BCUT2D eigenvalue weighted by Crippen LogP contribution is 2.28. The maximum absolute atomic E-state index is 5.91. The summed E-state index contributed by atoms with van der Waals surface area (Å²) in [6.07, 6.45) is 0. The lowest BCUT2D eigenvalue weighted by atomic mass is 10.1. The van der Waals surface area contributed by atoms with E-state index in [4.69, 9.17) is 11.6 Å². The predicted octanol–water partition coefficient (Wildman–Crippen LogP) is 5.11. The number of rotatable bonds is 1. The smallest absolute Gasteiger partial charge is 0.0491 e. The Hall–Kier alpha value is -1.73. The number of halogens is 1. The van der Waals surface area contributed by atoms with Crippen LogP contribution in [0.2, 0.25) is 5.02 Å². The Morgan fingerprint density at radius 3 is 2.39 bits per heavy atom. The number of H-pyrrole nitrogens is 1. The van der Waals surface area contributed by atoms with Crippen molar-refractivity contribution in [3.05, 3.63) is 58.6 Å². The zero-order chi connectivity index (χ0) is 12.7. The van der Waals surface area contributed by atoms with Gasteiger partial charge in [0.1, 0.15) is 0 Å². The SMILES string of the molecule is Cc1ccc2cc(-c3ccc(Cl)cc3)[nH]c2c1C. The van der Waals surface area contributed by atoms with Crippen LogP contribution in [0.1, 0.15) is 11.1 Å². The van der Waals surface area contributed by atoms with E-state index in [9.17, 15) is 0 Å². The van der Waals surface area contributed by atoms with Gasteiger partial charge in [-0.1, -0.05) is 35.9 Å². The van der Waals surface area contributed by atoms with Crippen LogP contribution in [0.4, 0.5) is 0 Å². The molecule has 0 aliphatic heterocycles. The average Bonchev–Trinajstić information content (AvgIpc) is 2.80. The van der Waals surface area contributed by atoms with E-state index < -0.39 is 0 Å². The number of hydrogen-bond acceptors (Lipinski definition) is 0. The lowest BCUT2D eigenvalue weighted by Crippen LogP contribution is -1.82. The van der Waals surface area contributed by atoms with Gasteiger partial charge in [0.15, 0.2) is 0 Å². The minimum Gasteiger partial charge on any atom is -0.354 e. The van der Waals surface area contributed by atoms with Crippen molar-refractivity contribution in [2.45, 2.75) is 13.8 Å². The summed E-state index contributed by atoms with van der Waals surface area (Å²) >= 11 is 5.91. The summed E-state index contributed by atoms with van der Waals surface area (Å²) in [5.41, 5.74) is 6.14. The molecule has 0 bridgehead atoms. The maximum Gasteiger partial charge on any atom is 0.0491 e. The Morgan fingerprint density at radius 1 is 0.944 bits per heavy atom. The van der Waals surface area contributed by atoms with Gasteiger partial charge in [0.25, 0.3) is 0 Å². The van der Waals surface area contributed by atoms with Crippen molar-refractivity contribution in [2.24, 2.45) is 0 Å². The second-order valence-corrected chi connectivity index (χ2v) is 5.10. The number of aromatic amines is 1. The molecule has 3 aromatic rings. The Kier molecular flexibility index (Phi) is 2.64. The van der Waals surface area contributed by atoms with Gasteiger partial charge in [-0.15, -0.1) is 0 Å². The molecule has 0 saturated heterocycles. The molecular formula is C16H14ClN. The molecule has 2 heteroatoms. The zero-order valence-corrected chi connectivity index (χ0v) is 11.2. The van der Waals surface area contributed by atoms with E-state index in [0.29, 0.717) is 0 Å². The maximum atomic E-state index is 5.91. The second-order valence-electron chi connectivity index (χ2n) is 4.66.